The third-order valence-electron chi connectivity index (χ3n) is 4.74. The van der Waals surface area contributed by atoms with E-state index in [0.717, 1.165) is 6.20 Å². The summed E-state index contributed by atoms with van der Waals surface area (Å²) < 4.78 is 49.8. The number of nitrogens with one attached hydrogen (secondary N) is 1. The van der Waals surface area contributed by atoms with E-state index in [2.05, 4.69) is 20.4 Å². The van der Waals surface area contributed by atoms with Crippen LogP contribution in [0.15, 0.2) is 18.6 Å². The van der Waals surface area contributed by atoms with Crippen LogP contribution in [0, 0.1) is 0 Å². The molecule has 3 heterocycles. The lowest BCUT2D eigenvalue weighted by Gasteiger charge is -2.28. The molecule has 2 aromatic rings. The third kappa shape index (κ3) is 5.90. The third-order valence-corrected chi connectivity index (χ3v) is 4.74. The van der Waals surface area contributed by atoms with Gasteiger partial charge in [0.05, 0.1) is 25.1 Å². The van der Waals surface area contributed by atoms with E-state index in [1.807, 2.05) is 0 Å². The van der Waals surface area contributed by atoms with Crippen molar-refractivity contribution < 1.29 is 32.2 Å². The van der Waals surface area contributed by atoms with E-state index in [1.54, 1.807) is 20.8 Å². The van der Waals surface area contributed by atoms with Crippen LogP contribution in [0.3, 0.4) is 0 Å². The van der Waals surface area contributed by atoms with Gasteiger partial charge in [0.2, 0.25) is 11.8 Å². The van der Waals surface area contributed by atoms with Crippen LogP contribution in [0.25, 0.3) is 5.82 Å². The number of amides is 2. The molecule has 3 rings (SSSR count). The Labute approximate surface area is 188 Å². The van der Waals surface area contributed by atoms with Gasteiger partial charge < -0.3 is 14.8 Å². The standard InChI is InChI=1S/C20H25F3N6O4/c1-19(2,3)33-18(31)28-7-5-6-13(28)16(30)26-8-12-11-29(27-17(12)32-4)15-10-24-14(9-25-15)20(21,22)23/h9-11,13H,5-8H2,1-4H3,(H,26,30). The number of carbonyl (C=O) groups is 2. The van der Waals surface area contributed by atoms with Crippen molar-refractivity contribution >= 4 is 12.0 Å². The fraction of sp³-hybridized carbons (Fsp3) is 0.550. The predicted octanol–water partition coefficient (Wildman–Crippen LogP) is 2.71. The van der Waals surface area contributed by atoms with Gasteiger partial charge in [-0.25, -0.2) is 19.4 Å². The van der Waals surface area contributed by atoms with Gasteiger partial charge in [-0.15, -0.1) is 5.10 Å². The Morgan fingerprint density at radius 3 is 2.52 bits per heavy atom. The molecule has 33 heavy (non-hydrogen) atoms. The average Bonchev–Trinajstić information content (AvgIpc) is 3.37. The van der Waals surface area contributed by atoms with E-state index in [0.29, 0.717) is 31.1 Å². The lowest BCUT2D eigenvalue weighted by molar-refractivity contribution is -0.141. The van der Waals surface area contributed by atoms with Crippen LogP contribution in [0.1, 0.15) is 44.9 Å². The highest BCUT2D eigenvalue weighted by atomic mass is 19.4. The molecule has 180 valence electrons. The Kier molecular flexibility index (Phi) is 6.79. The Morgan fingerprint density at radius 1 is 1.21 bits per heavy atom. The zero-order chi connectivity index (χ0) is 24.4. The number of rotatable bonds is 5. The number of nitrogens with zero attached hydrogens (tertiary/aromatic N) is 5. The number of halogens is 3. The van der Waals surface area contributed by atoms with Crippen LogP contribution in [-0.4, -0.2) is 61.9 Å². The van der Waals surface area contributed by atoms with Crippen LogP contribution in [0.5, 0.6) is 5.88 Å². The highest BCUT2D eigenvalue weighted by molar-refractivity contribution is 5.86. The minimum atomic E-state index is -4.60. The molecule has 0 aromatic carbocycles. The summed E-state index contributed by atoms with van der Waals surface area (Å²) in [6.07, 6.45) is -0.960. The Morgan fingerprint density at radius 2 is 1.94 bits per heavy atom. The Bertz CT molecular complexity index is 1000. The smallest absolute Gasteiger partial charge is 0.434 e. The molecule has 1 aliphatic rings. The number of hydrogen-bond acceptors (Lipinski definition) is 7. The topological polar surface area (TPSA) is 111 Å². The molecule has 0 saturated carbocycles. The number of likely N-dealkylation sites (tertiary alicyclic amines) is 1. The summed E-state index contributed by atoms with van der Waals surface area (Å²) in [7, 11) is 1.37. The quantitative estimate of drug-likeness (QED) is 0.715. The van der Waals surface area contributed by atoms with Crippen molar-refractivity contribution in [3.63, 3.8) is 0 Å². The second kappa shape index (κ2) is 9.24. The second-order valence-electron chi connectivity index (χ2n) is 8.42. The maximum atomic E-state index is 12.7. The van der Waals surface area contributed by atoms with Crippen LogP contribution in [-0.2, 0) is 22.3 Å². The van der Waals surface area contributed by atoms with E-state index < -0.39 is 29.6 Å². The predicted molar refractivity (Wildman–Crippen MR) is 109 cm³/mol. The molecule has 2 aromatic heterocycles. The van der Waals surface area contributed by atoms with Crippen LogP contribution >= 0.6 is 0 Å². The summed E-state index contributed by atoms with van der Waals surface area (Å²) in [5.74, 6) is -0.152. The van der Waals surface area contributed by atoms with Gasteiger partial charge in [-0.2, -0.15) is 13.2 Å². The largest absolute Gasteiger partial charge is 0.480 e. The molecule has 1 N–H and O–H groups in total. The average molecular weight is 470 g/mol. The van der Waals surface area contributed by atoms with Gasteiger partial charge in [-0.1, -0.05) is 0 Å². The molecule has 1 saturated heterocycles. The minimum absolute atomic E-state index is 0.0225. The summed E-state index contributed by atoms with van der Waals surface area (Å²) in [5.41, 5.74) is -1.33. The summed E-state index contributed by atoms with van der Waals surface area (Å²) in [5, 5.41) is 6.88. The molecule has 13 heteroatoms. The molecule has 0 bridgehead atoms. The van der Waals surface area contributed by atoms with Crippen molar-refractivity contribution in [1.29, 1.82) is 0 Å². The number of methoxy groups -OCH3 is 1. The number of aromatic nitrogens is 4. The molecule has 1 unspecified atom stereocenters. The summed E-state index contributed by atoms with van der Waals surface area (Å²) in [6.45, 7) is 5.69. The van der Waals surface area contributed by atoms with Gasteiger partial charge in [-0.3, -0.25) is 9.69 Å². The van der Waals surface area contributed by atoms with Gasteiger partial charge in [0.25, 0.3) is 0 Å². The molecule has 1 atom stereocenters. The molecular formula is C20H25F3N6O4. The van der Waals surface area contributed by atoms with Gasteiger partial charge in [0.15, 0.2) is 11.5 Å². The van der Waals surface area contributed by atoms with Crippen molar-refractivity contribution in [3.8, 4) is 11.7 Å². The van der Waals surface area contributed by atoms with Crippen molar-refractivity contribution in [2.45, 2.75) is 58.0 Å². The van der Waals surface area contributed by atoms with E-state index in [1.165, 1.54) is 22.9 Å². The molecular weight excluding hydrogens is 445 g/mol. The van der Waals surface area contributed by atoms with Crippen LogP contribution in [0.2, 0.25) is 0 Å². The lowest BCUT2D eigenvalue weighted by atomic mass is 10.2. The molecule has 0 spiro atoms. The highest BCUT2D eigenvalue weighted by Crippen LogP contribution is 2.27. The highest BCUT2D eigenvalue weighted by Gasteiger charge is 2.36. The molecule has 10 nitrogen and oxygen atoms in total. The lowest BCUT2D eigenvalue weighted by Crippen LogP contribution is -2.47. The first-order chi connectivity index (χ1) is 15.4. The van der Waals surface area contributed by atoms with Gasteiger partial charge >= 0.3 is 12.3 Å². The van der Waals surface area contributed by atoms with E-state index in [9.17, 15) is 22.8 Å². The van der Waals surface area contributed by atoms with Crippen molar-refractivity contribution in [1.82, 2.24) is 30.0 Å². The fourth-order valence-corrected chi connectivity index (χ4v) is 3.27. The molecule has 0 radical (unpaired) electrons. The van der Waals surface area contributed by atoms with E-state index in [4.69, 9.17) is 9.47 Å². The van der Waals surface area contributed by atoms with Crippen molar-refractivity contribution in [2.24, 2.45) is 0 Å². The first kappa shape index (κ1) is 24.3. The van der Waals surface area contributed by atoms with E-state index in [-0.39, 0.29) is 24.1 Å². The Balaban J connectivity index is 1.68. The minimum Gasteiger partial charge on any atom is -0.480 e. The van der Waals surface area contributed by atoms with Crippen LogP contribution in [0.4, 0.5) is 18.0 Å². The Hall–Kier alpha value is -3.38. The SMILES string of the molecule is COc1nn(-c2cnc(C(F)(F)F)cn2)cc1CNC(=O)C1CCCN1C(=O)OC(C)(C)C. The van der Waals surface area contributed by atoms with Crippen molar-refractivity contribution in [2.75, 3.05) is 13.7 Å². The maximum absolute atomic E-state index is 12.7. The van der Waals surface area contributed by atoms with Crippen LogP contribution < -0.4 is 10.1 Å². The molecule has 0 aliphatic carbocycles. The summed E-state index contributed by atoms with van der Waals surface area (Å²) in [6, 6.07) is -0.665. The zero-order valence-corrected chi connectivity index (χ0v) is 18.6. The van der Waals surface area contributed by atoms with Gasteiger partial charge in [0.1, 0.15) is 11.6 Å². The van der Waals surface area contributed by atoms with Gasteiger partial charge in [-0.05, 0) is 33.6 Å². The summed E-state index contributed by atoms with van der Waals surface area (Å²) >= 11 is 0. The van der Waals surface area contributed by atoms with Gasteiger partial charge in [0, 0.05) is 19.3 Å². The molecule has 2 amide bonds. The number of alkyl halides is 3. The monoisotopic (exact) mass is 470 g/mol. The fourth-order valence-electron chi connectivity index (χ4n) is 3.27. The zero-order valence-electron chi connectivity index (χ0n) is 18.6. The molecule has 1 aliphatic heterocycles. The first-order valence-electron chi connectivity index (χ1n) is 10.2. The normalized spacial score (nSPS) is 16.6. The maximum Gasteiger partial charge on any atom is 0.434 e. The number of ether oxygens (including phenoxy) is 2. The van der Waals surface area contributed by atoms with Crippen molar-refractivity contribution in [3.05, 3.63) is 29.8 Å². The van der Waals surface area contributed by atoms with E-state index >= 15 is 0 Å². The first-order valence-corrected chi connectivity index (χ1v) is 10.2. The second-order valence-corrected chi connectivity index (χ2v) is 8.42. The number of hydrogen-bond donors (Lipinski definition) is 1. The molecule has 1 fully saturated rings. The number of carbonyl (C=O) groups excluding carboxylic acids is 2. The summed E-state index contributed by atoms with van der Waals surface area (Å²) in [4.78, 5) is 33.7.